The Morgan fingerprint density at radius 1 is 1.12 bits per heavy atom. The number of likely N-dealkylation sites (tertiary alicyclic amines) is 1. The quantitative estimate of drug-likeness (QED) is 0.647. The Hall–Kier alpha value is -2.32. The van der Waals surface area contributed by atoms with Gasteiger partial charge in [0.15, 0.2) is 5.65 Å². The molecule has 2 aromatic heterocycles. The molecule has 9 heteroatoms. The fourth-order valence-electron chi connectivity index (χ4n) is 5.24. The standard InChI is InChI=1S/C23H32F3N5O/c1-14-9-10-30(22(32)29(3)4)13-18(14)20-11-15(2)27-21-12-19(28-31(20)21)16-5-7-17(8-6-16)23(24,25)26/h11-12,14,16-18H,5-10,13H2,1-4H3/t14-,16-,17-,18-/m0/s1. The Morgan fingerprint density at radius 2 is 1.81 bits per heavy atom. The first-order valence-electron chi connectivity index (χ1n) is 11.4. The van der Waals surface area contributed by atoms with E-state index in [2.05, 4.69) is 11.9 Å². The highest BCUT2D eigenvalue weighted by molar-refractivity contribution is 5.74. The molecule has 0 radical (unpaired) electrons. The van der Waals surface area contributed by atoms with E-state index in [0.717, 1.165) is 35.7 Å². The number of hydrogen-bond donors (Lipinski definition) is 0. The number of halogens is 3. The number of aromatic nitrogens is 3. The number of piperidine rings is 1. The molecule has 4 rings (SSSR count). The molecule has 1 saturated carbocycles. The molecule has 1 saturated heterocycles. The van der Waals surface area contributed by atoms with Crippen LogP contribution in [0.2, 0.25) is 0 Å². The second-order valence-electron chi connectivity index (χ2n) is 9.75. The molecular weight excluding hydrogens is 419 g/mol. The fraction of sp³-hybridized carbons (Fsp3) is 0.696. The predicted octanol–water partition coefficient (Wildman–Crippen LogP) is 4.98. The van der Waals surface area contributed by atoms with Gasteiger partial charge in [-0.05, 0) is 51.0 Å². The van der Waals surface area contributed by atoms with Crippen molar-refractivity contribution in [3.05, 3.63) is 29.2 Å². The van der Waals surface area contributed by atoms with E-state index in [-0.39, 0.29) is 30.7 Å². The van der Waals surface area contributed by atoms with E-state index >= 15 is 0 Å². The summed E-state index contributed by atoms with van der Waals surface area (Å²) in [5.74, 6) is -0.680. The van der Waals surface area contributed by atoms with Crippen molar-refractivity contribution in [2.45, 2.75) is 64.0 Å². The van der Waals surface area contributed by atoms with Gasteiger partial charge in [-0.3, -0.25) is 0 Å². The lowest BCUT2D eigenvalue weighted by Gasteiger charge is -2.38. The number of carbonyl (C=O) groups is 1. The molecule has 3 heterocycles. The number of hydrogen-bond acceptors (Lipinski definition) is 3. The molecule has 2 aromatic rings. The van der Waals surface area contributed by atoms with Crippen molar-refractivity contribution in [3.63, 3.8) is 0 Å². The summed E-state index contributed by atoms with van der Waals surface area (Å²) in [6.07, 6.45) is -1.91. The van der Waals surface area contributed by atoms with Gasteiger partial charge in [-0.15, -0.1) is 0 Å². The molecule has 0 N–H and O–H groups in total. The average molecular weight is 452 g/mol. The Labute approximate surface area is 186 Å². The highest BCUT2D eigenvalue weighted by atomic mass is 19.4. The van der Waals surface area contributed by atoms with Crippen molar-refractivity contribution in [1.82, 2.24) is 24.4 Å². The van der Waals surface area contributed by atoms with Crippen molar-refractivity contribution in [1.29, 1.82) is 0 Å². The first-order valence-corrected chi connectivity index (χ1v) is 11.4. The van der Waals surface area contributed by atoms with Crippen LogP contribution in [0.25, 0.3) is 5.65 Å². The zero-order valence-corrected chi connectivity index (χ0v) is 19.2. The van der Waals surface area contributed by atoms with Crippen molar-refractivity contribution in [3.8, 4) is 0 Å². The topological polar surface area (TPSA) is 53.7 Å². The maximum absolute atomic E-state index is 13.1. The number of urea groups is 1. The zero-order valence-electron chi connectivity index (χ0n) is 19.2. The van der Waals surface area contributed by atoms with Crippen LogP contribution in [0.5, 0.6) is 0 Å². The lowest BCUT2D eigenvalue weighted by Crippen LogP contribution is -2.46. The molecule has 2 amide bonds. The number of carbonyl (C=O) groups excluding carboxylic acids is 1. The van der Waals surface area contributed by atoms with Crippen LogP contribution >= 0.6 is 0 Å². The van der Waals surface area contributed by atoms with Crippen LogP contribution < -0.4 is 0 Å². The summed E-state index contributed by atoms with van der Waals surface area (Å²) in [6.45, 7) is 5.49. The summed E-state index contributed by atoms with van der Waals surface area (Å²) in [7, 11) is 3.52. The lowest BCUT2D eigenvalue weighted by molar-refractivity contribution is -0.182. The largest absolute Gasteiger partial charge is 0.391 e. The van der Waals surface area contributed by atoms with Gasteiger partial charge in [0.1, 0.15) is 0 Å². The number of amides is 2. The Kier molecular flexibility index (Phi) is 6.11. The summed E-state index contributed by atoms with van der Waals surface area (Å²) in [4.78, 5) is 20.7. The molecular formula is C23H32F3N5O. The SMILES string of the molecule is Cc1cc([C@H]2CN(C(=O)N(C)C)CC[C@@H]2C)n2nc([C@H]3CC[C@H](C(F)(F)F)CC3)cc2n1. The summed E-state index contributed by atoms with van der Waals surface area (Å²) in [5, 5.41) is 4.84. The Balaban J connectivity index is 1.62. The highest BCUT2D eigenvalue weighted by Crippen LogP contribution is 2.43. The van der Waals surface area contributed by atoms with Crippen LogP contribution in [0.4, 0.5) is 18.0 Å². The predicted molar refractivity (Wildman–Crippen MR) is 116 cm³/mol. The minimum absolute atomic E-state index is 0.00602. The van der Waals surface area contributed by atoms with E-state index in [1.165, 1.54) is 0 Å². The van der Waals surface area contributed by atoms with E-state index in [1.807, 2.05) is 28.5 Å². The van der Waals surface area contributed by atoms with Crippen LogP contribution in [-0.2, 0) is 0 Å². The molecule has 32 heavy (non-hydrogen) atoms. The van der Waals surface area contributed by atoms with Gasteiger partial charge < -0.3 is 9.80 Å². The smallest absolute Gasteiger partial charge is 0.331 e. The summed E-state index contributed by atoms with van der Waals surface area (Å²) in [5.41, 5.74) is 3.46. The molecule has 2 aliphatic rings. The minimum atomic E-state index is -4.11. The third-order valence-electron chi connectivity index (χ3n) is 7.20. The van der Waals surface area contributed by atoms with Crippen molar-refractivity contribution >= 4 is 11.7 Å². The summed E-state index contributed by atoms with van der Waals surface area (Å²) >= 11 is 0. The molecule has 2 fully saturated rings. The molecule has 0 unspecified atom stereocenters. The molecule has 1 aliphatic carbocycles. The maximum atomic E-state index is 13.1. The monoisotopic (exact) mass is 451 g/mol. The Bertz CT molecular complexity index is 978. The first-order chi connectivity index (χ1) is 15.0. The number of alkyl halides is 3. The number of fused-ring (bicyclic) bond motifs is 1. The zero-order chi connectivity index (χ0) is 23.2. The van der Waals surface area contributed by atoms with Gasteiger partial charge in [0.2, 0.25) is 0 Å². The molecule has 176 valence electrons. The van der Waals surface area contributed by atoms with E-state index in [0.29, 0.717) is 25.3 Å². The summed E-state index contributed by atoms with van der Waals surface area (Å²) in [6, 6.07) is 3.98. The maximum Gasteiger partial charge on any atom is 0.391 e. The van der Waals surface area contributed by atoms with Crippen LogP contribution in [0.3, 0.4) is 0 Å². The molecule has 1 aliphatic heterocycles. The minimum Gasteiger partial charge on any atom is -0.331 e. The van der Waals surface area contributed by atoms with Gasteiger partial charge in [0.25, 0.3) is 0 Å². The van der Waals surface area contributed by atoms with Gasteiger partial charge >= 0.3 is 12.2 Å². The third-order valence-corrected chi connectivity index (χ3v) is 7.20. The summed E-state index contributed by atoms with van der Waals surface area (Å²) < 4.78 is 41.0. The third kappa shape index (κ3) is 4.43. The van der Waals surface area contributed by atoms with Crippen molar-refractivity contribution in [2.24, 2.45) is 11.8 Å². The molecule has 0 spiro atoms. The number of rotatable bonds is 2. The van der Waals surface area contributed by atoms with Gasteiger partial charge in [0.05, 0.1) is 17.3 Å². The van der Waals surface area contributed by atoms with Crippen LogP contribution in [0, 0.1) is 18.8 Å². The lowest BCUT2D eigenvalue weighted by atomic mass is 9.80. The van der Waals surface area contributed by atoms with Gasteiger partial charge in [-0.25, -0.2) is 14.3 Å². The second-order valence-corrected chi connectivity index (χ2v) is 9.75. The van der Waals surface area contributed by atoms with Gasteiger partial charge in [-0.2, -0.15) is 18.3 Å². The van der Waals surface area contributed by atoms with E-state index in [4.69, 9.17) is 5.10 Å². The molecule has 0 aromatic carbocycles. The normalized spacial score (nSPS) is 27.0. The molecule has 2 atom stereocenters. The molecule has 0 bridgehead atoms. The van der Waals surface area contributed by atoms with Crippen LogP contribution in [-0.4, -0.2) is 63.8 Å². The van der Waals surface area contributed by atoms with Crippen LogP contribution in [0.15, 0.2) is 12.1 Å². The highest BCUT2D eigenvalue weighted by Gasteiger charge is 2.42. The van der Waals surface area contributed by atoms with Crippen molar-refractivity contribution < 1.29 is 18.0 Å². The van der Waals surface area contributed by atoms with Crippen LogP contribution in [0.1, 0.15) is 67.9 Å². The van der Waals surface area contributed by atoms with Crippen molar-refractivity contribution in [2.75, 3.05) is 27.2 Å². The second kappa shape index (κ2) is 8.56. The average Bonchev–Trinajstić information content (AvgIpc) is 3.16. The number of nitrogens with zero attached hydrogens (tertiary/aromatic N) is 5. The number of aryl methyl sites for hydroxylation is 1. The van der Waals surface area contributed by atoms with Gasteiger partial charge in [0, 0.05) is 50.8 Å². The fourth-order valence-corrected chi connectivity index (χ4v) is 5.24. The van der Waals surface area contributed by atoms with Gasteiger partial charge in [-0.1, -0.05) is 6.92 Å². The van der Waals surface area contributed by atoms with E-state index in [1.54, 1.807) is 19.0 Å². The van der Waals surface area contributed by atoms with E-state index in [9.17, 15) is 18.0 Å². The van der Waals surface area contributed by atoms with E-state index < -0.39 is 12.1 Å². The Morgan fingerprint density at radius 3 is 2.44 bits per heavy atom. The molecule has 6 nitrogen and oxygen atoms in total. The first kappa shape index (κ1) is 22.9.